The lowest BCUT2D eigenvalue weighted by Gasteiger charge is -2.20. The summed E-state index contributed by atoms with van der Waals surface area (Å²) in [6.07, 6.45) is 0.671. The lowest BCUT2D eigenvalue weighted by molar-refractivity contribution is -0.122. The van der Waals surface area contributed by atoms with E-state index in [1.54, 1.807) is 0 Å². The molecule has 1 aliphatic heterocycles. The van der Waals surface area contributed by atoms with E-state index in [4.69, 9.17) is 0 Å². The van der Waals surface area contributed by atoms with Crippen molar-refractivity contribution in [1.29, 1.82) is 5.26 Å². The van der Waals surface area contributed by atoms with E-state index < -0.39 is 15.9 Å². The molecule has 0 radical (unpaired) electrons. The number of hydrogen-bond donors (Lipinski definition) is 1. The minimum atomic E-state index is -2.99. The van der Waals surface area contributed by atoms with Gasteiger partial charge in [0, 0.05) is 6.42 Å². The molecule has 1 aliphatic rings. The van der Waals surface area contributed by atoms with Gasteiger partial charge < -0.3 is 5.32 Å². The van der Waals surface area contributed by atoms with Crippen LogP contribution in [0.1, 0.15) is 50.8 Å². The highest BCUT2D eigenvalue weighted by Gasteiger charge is 2.30. The summed E-state index contributed by atoms with van der Waals surface area (Å²) in [5.74, 6) is -0.195. The molecule has 1 fully saturated rings. The molecule has 0 aromatic heterocycles. The van der Waals surface area contributed by atoms with E-state index in [-0.39, 0.29) is 35.2 Å². The van der Waals surface area contributed by atoms with Gasteiger partial charge in [-0.15, -0.1) is 0 Å². The number of carbonyl (C=O) groups excluding carboxylic acids is 1. The summed E-state index contributed by atoms with van der Waals surface area (Å²) in [5.41, 5.74) is 1.92. The first kappa shape index (κ1) is 18.5. The molecule has 1 saturated heterocycles. The fourth-order valence-electron chi connectivity index (χ4n) is 2.88. The van der Waals surface area contributed by atoms with Crippen molar-refractivity contribution in [3.05, 3.63) is 35.4 Å². The zero-order valence-electron chi connectivity index (χ0n) is 14.4. The second-order valence-electron chi connectivity index (χ2n) is 7.47. The first-order chi connectivity index (χ1) is 11.1. The number of nitriles is 1. The maximum Gasteiger partial charge on any atom is 0.221 e. The molecule has 0 spiro atoms. The second-order valence-corrected chi connectivity index (χ2v) is 9.70. The molecule has 24 heavy (non-hydrogen) atoms. The van der Waals surface area contributed by atoms with Crippen LogP contribution in [0.25, 0.3) is 0 Å². The fraction of sp³-hybridized carbons (Fsp3) is 0.556. The van der Waals surface area contributed by atoms with Crippen molar-refractivity contribution < 1.29 is 13.2 Å². The molecule has 2 unspecified atom stereocenters. The highest BCUT2D eigenvalue weighted by atomic mass is 32.2. The average Bonchev–Trinajstić information content (AvgIpc) is 2.83. The molecule has 1 N–H and O–H groups in total. The fourth-order valence-corrected chi connectivity index (χ4v) is 4.74. The summed E-state index contributed by atoms with van der Waals surface area (Å²) in [6.45, 7) is 6.34. The van der Waals surface area contributed by atoms with Gasteiger partial charge in [0.1, 0.15) is 6.04 Å². The molecule has 0 aliphatic carbocycles. The standard InChI is InChI=1S/C18H24N2O3S/c1-18(2,3)15-6-4-14(5-7-15)16(11-19)20-17(21)10-13-8-9-24(22,23)12-13/h4-7,13,16H,8-10,12H2,1-3H3,(H,20,21). The van der Waals surface area contributed by atoms with Crippen LogP contribution < -0.4 is 5.32 Å². The minimum Gasteiger partial charge on any atom is -0.337 e. The Bertz CT molecular complexity index is 740. The number of amides is 1. The van der Waals surface area contributed by atoms with Crippen LogP contribution >= 0.6 is 0 Å². The molecule has 1 aromatic rings. The number of sulfone groups is 1. The Balaban J connectivity index is 1.99. The van der Waals surface area contributed by atoms with Crippen LogP contribution in [-0.4, -0.2) is 25.8 Å². The number of hydrogen-bond acceptors (Lipinski definition) is 4. The van der Waals surface area contributed by atoms with E-state index in [9.17, 15) is 18.5 Å². The van der Waals surface area contributed by atoms with Gasteiger partial charge in [0.15, 0.2) is 9.84 Å². The molecule has 0 bridgehead atoms. The van der Waals surface area contributed by atoms with Crippen molar-refractivity contribution >= 4 is 15.7 Å². The molecule has 5 nitrogen and oxygen atoms in total. The van der Waals surface area contributed by atoms with Crippen molar-refractivity contribution in [2.45, 2.75) is 45.1 Å². The molecule has 2 atom stereocenters. The number of nitrogens with one attached hydrogen (secondary N) is 1. The van der Waals surface area contributed by atoms with Gasteiger partial charge in [0.2, 0.25) is 5.91 Å². The SMILES string of the molecule is CC(C)(C)c1ccc(C(C#N)NC(=O)CC2CCS(=O)(=O)C2)cc1. The van der Waals surface area contributed by atoms with E-state index in [1.165, 1.54) is 0 Å². The van der Waals surface area contributed by atoms with Gasteiger partial charge in [-0.05, 0) is 28.9 Å². The molecule has 0 saturated carbocycles. The van der Waals surface area contributed by atoms with E-state index >= 15 is 0 Å². The quantitative estimate of drug-likeness (QED) is 0.905. The summed E-state index contributed by atoms with van der Waals surface area (Å²) < 4.78 is 22.9. The van der Waals surface area contributed by atoms with Crippen molar-refractivity contribution in [3.63, 3.8) is 0 Å². The molecule has 130 valence electrons. The lowest BCUT2D eigenvalue weighted by atomic mass is 9.86. The third-order valence-electron chi connectivity index (χ3n) is 4.35. The summed E-state index contributed by atoms with van der Waals surface area (Å²) in [5, 5.41) is 12.0. The smallest absolute Gasteiger partial charge is 0.221 e. The molecule has 1 heterocycles. The Morgan fingerprint density at radius 1 is 1.33 bits per heavy atom. The van der Waals surface area contributed by atoms with Crippen molar-refractivity contribution in [1.82, 2.24) is 5.32 Å². The van der Waals surface area contributed by atoms with Crippen molar-refractivity contribution in [2.75, 3.05) is 11.5 Å². The van der Waals surface area contributed by atoms with Crippen molar-refractivity contribution in [2.24, 2.45) is 5.92 Å². The maximum atomic E-state index is 12.1. The topological polar surface area (TPSA) is 87.0 Å². The largest absolute Gasteiger partial charge is 0.337 e. The van der Waals surface area contributed by atoms with Crippen LogP contribution in [0.2, 0.25) is 0 Å². The predicted octanol–water partition coefficient (Wildman–Crippen LogP) is 2.49. The minimum absolute atomic E-state index is 0.0257. The highest BCUT2D eigenvalue weighted by molar-refractivity contribution is 7.91. The van der Waals surface area contributed by atoms with E-state index in [2.05, 4.69) is 32.2 Å². The van der Waals surface area contributed by atoms with Crippen LogP contribution in [0.3, 0.4) is 0 Å². The van der Waals surface area contributed by atoms with Gasteiger partial charge in [0.25, 0.3) is 0 Å². The zero-order valence-corrected chi connectivity index (χ0v) is 15.2. The molecule has 2 rings (SSSR count). The number of nitrogens with zero attached hydrogens (tertiary/aromatic N) is 1. The lowest BCUT2D eigenvalue weighted by Crippen LogP contribution is -2.29. The van der Waals surface area contributed by atoms with Gasteiger partial charge in [-0.3, -0.25) is 4.79 Å². The first-order valence-corrected chi connectivity index (χ1v) is 9.93. The van der Waals surface area contributed by atoms with Crippen LogP contribution in [0.15, 0.2) is 24.3 Å². The van der Waals surface area contributed by atoms with Gasteiger partial charge in [0.05, 0.1) is 17.6 Å². The third-order valence-corrected chi connectivity index (χ3v) is 6.18. The number of carbonyl (C=O) groups is 1. The second kappa shape index (κ2) is 6.94. The molecular weight excluding hydrogens is 324 g/mol. The average molecular weight is 348 g/mol. The van der Waals surface area contributed by atoms with Gasteiger partial charge in [-0.25, -0.2) is 8.42 Å². The normalized spacial score (nSPS) is 21.0. The molecule has 6 heteroatoms. The third kappa shape index (κ3) is 4.81. The van der Waals surface area contributed by atoms with Crippen LogP contribution in [0.5, 0.6) is 0 Å². The molecular formula is C18H24N2O3S. The van der Waals surface area contributed by atoms with Gasteiger partial charge in [-0.1, -0.05) is 45.0 Å². The van der Waals surface area contributed by atoms with Gasteiger partial charge in [-0.2, -0.15) is 5.26 Å². The van der Waals surface area contributed by atoms with Crippen LogP contribution in [0, 0.1) is 17.2 Å². The molecule has 1 amide bonds. The monoisotopic (exact) mass is 348 g/mol. The van der Waals surface area contributed by atoms with E-state index in [0.29, 0.717) is 6.42 Å². The Labute approximate surface area is 144 Å². The number of benzene rings is 1. The maximum absolute atomic E-state index is 12.1. The predicted molar refractivity (Wildman–Crippen MR) is 93.0 cm³/mol. The van der Waals surface area contributed by atoms with Gasteiger partial charge >= 0.3 is 0 Å². The Morgan fingerprint density at radius 3 is 2.42 bits per heavy atom. The van der Waals surface area contributed by atoms with Crippen LogP contribution in [0.4, 0.5) is 0 Å². The van der Waals surface area contributed by atoms with E-state index in [1.807, 2.05) is 24.3 Å². The first-order valence-electron chi connectivity index (χ1n) is 8.10. The zero-order chi connectivity index (χ0) is 18.0. The summed E-state index contributed by atoms with van der Waals surface area (Å²) in [6, 6.07) is 9.03. The highest BCUT2D eigenvalue weighted by Crippen LogP contribution is 2.25. The molecule has 1 aromatic carbocycles. The summed E-state index contributed by atoms with van der Waals surface area (Å²) in [4.78, 5) is 12.1. The number of rotatable bonds is 4. The Kier molecular flexibility index (Phi) is 5.34. The Hall–Kier alpha value is -1.87. The van der Waals surface area contributed by atoms with Crippen LogP contribution in [-0.2, 0) is 20.0 Å². The van der Waals surface area contributed by atoms with Crippen molar-refractivity contribution in [3.8, 4) is 6.07 Å². The summed E-state index contributed by atoms with van der Waals surface area (Å²) >= 11 is 0. The summed E-state index contributed by atoms with van der Waals surface area (Å²) in [7, 11) is -2.99. The van der Waals surface area contributed by atoms with E-state index in [0.717, 1.165) is 11.1 Å². The Morgan fingerprint density at radius 2 is 1.96 bits per heavy atom.